The number of carbonyl (C=O) groups excluding carboxylic acids is 3. The Labute approximate surface area is 184 Å². The highest BCUT2D eigenvalue weighted by atomic mass is 35.9. The molecule has 1 amide bonds. The zero-order valence-corrected chi connectivity index (χ0v) is 19.3. The molecule has 176 valence electrons. The highest BCUT2D eigenvalue weighted by molar-refractivity contribution is 8.09. The molecule has 11 nitrogen and oxygen atoms in total. The van der Waals surface area contributed by atoms with E-state index in [2.05, 4.69) is 5.32 Å². The fraction of sp³-hybridized carbons (Fsp3) is 0.812. The van der Waals surface area contributed by atoms with Crippen molar-refractivity contribution in [3.8, 4) is 0 Å². The summed E-state index contributed by atoms with van der Waals surface area (Å²) in [6.07, 6.45) is -1.23. The summed E-state index contributed by atoms with van der Waals surface area (Å²) in [5.74, 6) is -6.25. The van der Waals surface area contributed by atoms with E-state index in [1.807, 2.05) is 0 Å². The topological polar surface area (TPSA) is 136 Å². The number of nitrogens with one attached hydrogen (secondary N) is 1. The molecule has 0 saturated carbocycles. The van der Waals surface area contributed by atoms with Gasteiger partial charge in [-0.3, -0.25) is 14.2 Å². The van der Waals surface area contributed by atoms with E-state index >= 15 is 0 Å². The standard InChI is InChI=1S/C16H28Cl2NO10P/c1-24-3-5-26-7-9-28-15(21)11-13(19-14(20)12-30(17,18)23)16(22)29-10-8-27-6-4-25-2/h13H,3-12H2,1-2H3,(H,19,20)/t13-/m0/s1. The molecule has 1 atom stereocenters. The molecule has 0 aromatic heterocycles. The molecule has 0 aliphatic carbocycles. The van der Waals surface area contributed by atoms with Gasteiger partial charge in [0.05, 0.1) is 46.1 Å². The average Bonchev–Trinajstić information content (AvgIpc) is 2.65. The Hall–Kier alpha value is -0.940. The molecule has 14 heteroatoms. The second-order valence-electron chi connectivity index (χ2n) is 5.65. The van der Waals surface area contributed by atoms with E-state index in [-0.39, 0.29) is 26.4 Å². The molecule has 0 aromatic carbocycles. The molecule has 0 unspecified atom stereocenters. The Bertz CT molecular complexity index is 560. The van der Waals surface area contributed by atoms with Crippen molar-refractivity contribution in [3.63, 3.8) is 0 Å². The molecule has 0 fully saturated rings. The van der Waals surface area contributed by atoms with E-state index in [0.717, 1.165) is 0 Å². The van der Waals surface area contributed by atoms with Gasteiger partial charge in [-0.05, 0) is 22.5 Å². The summed E-state index contributed by atoms with van der Waals surface area (Å²) >= 11 is 10.7. The largest absolute Gasteiger partial charge is 0.463 e. The van der Waals surface area contributed by atoms with Crippen molar-refractivity contribution in [3.05, 3.63) is 0 Å². The van der Waals surface area contributed by atoms with Gasteiger partial charge in [-0.25, -0.2) is 4.79 Å². The number of carbonyl (C=O) groups is 3. The van der Waals surface area contributed by atoms with Gasteiger partial charge in [-0.1, -0.05) is 0 Å². The van der Waals surface area contributed by atoms with E-state index < -0.39 is 42.3 Å². The lowest BCUT2D eigenvalue weighted by molar-refractivity contribution is -0.155. The number of hydrogen-bond acceptors (Lipinski definition) is 10. The Morgan fingerprint density at radius 2 is 1.33 bits per heavy atom. The van der Waals surface area contributed by atoms with Crippen molar-refractivity contribution < 1.29 is 47.4 Å². The smallest absolute Gasteiger partial charge is 0.329 e. The number of hydrogen-bond donors (Lipinski definition) is 1. The monoisotopic (exact) mass is 495 g/mol. The van der Waals surface area contributed by atoms with Crippen LogP contribution in [0.2, 0.25) is 0 Å². The van der Waals surface area contributed by atoms with Gasteiger partial charge in [-0.15, -0.1) is 0 Å². The van der Waals surface area contributed by atoms with Crippen molar-refractivity contribution in [1.82, 2.24) is 5.32 Å². The third kappa shape index (κ3) is 17.9. The van der Waals surface area contributed by atoms with Gasteiger partial charge in [0.1, 0.15) is 25.4 Å². The summed E-state index contributed by atoms with van der Waals surface area (Å²) in [6, 6.07) is -1.38. The Kier molecular flexibility index (Phi) is 17.2. The maximum absolute atomic E-state index is 12.2. The van der Waals surface area contributed by atoms with E-state index in [4.69, 9.17) is 50.9 Å². The first-order valence-corrected chi connectivity index (χ1v) is 12.6. The van der Waals surface area contributed by atoms with Gasteiger partial charge in [0.2, 0.25) is 5.91 Å². The van der Waals surface area contributed by atoms with E-state index in [1.54, 1.807) is 0 Å². The number of methoxy groups -OCH3 is 2. The Balaban J connectivity index is 4.55. The third-order valence-electron chi connectivity index (χ3n) is 3.14. The number of ether oxygens (including phenoxy) is 6. The van der Waals surface area contributed by atoms with Crippen LogP contribution >= 0.6 is 28.3 Å². The molecule has 0 saturated heterocycles. The molecule has 0 heterocycles. The minimum absolute atomic E-state index is 0.0514. The molecule has 0 radical (unpaired) electrons. The molecular formula is C16H28Cl2NO10P. The summed E-state index contributed by atoms with van der Waals surface area (Å²) in [6.45, 7) is 1.49. The van der Waals surface area contributed by atoms with E-state index in [0.29, 0.717) is 26.4 Å². The van der Waals surface area contributed by atoms with Gasteiger partial charge in [-0.2, -0.15) is 0 Å². The zero-order valence-electron chi connectivity index (χ0n) is 16.9. The van der Waals surface area contributed by atoms with Gasteiger partial charge in [0, 0.05) is 14.2 Å². The van der Waals surface area contributed by atoms with Crippen LogP contribution in [0.5, 0.6) is 0 Å². The lowest BCUT2D eigenvalue weighted by atomic mass is 10.2. The van der Waals surface area contributed by atoms with E-state index in [1.165, 1.54) is 14.2 Å². The predicted octanol–water partition coefficient (Wildman–Crippen LogP) is 0.944. The van der Waals surface area contributed by atoms with Crippen LogP contribution in [0.25, 0.3) is 0 Å². The number of halogens is 2. The Morgan fingerprint density at radius 3 is 1.83 bits per heavy atom. The van der Waals surface area contributed by atoms with Crippen LogP contribution in [-0.4, -0.2) is 97.1 Å². The lowest BCUT2D eigenvalue weighted by Gasteiger charge is -2.17. The quantitative estimate of drug-likeness (QED) is 0.166. The van der Waals surface area contributed by atoms with Crippen molar-refractivity contribution in [2.75, 3.05) is 73.2 Å². The average molecular weight is 496 g/mol. The highest BCUT2D eigenvalue weighted by Crippen LogP contribution is 2.56. The van der Waals surface area contributed by atoms with Crippen molar-refractivity contribution >= 4 is 46.2 Å². The van der Waals surface area contributed by atoms with Crippen LogP contribution in [-0.2, 0) is 47.4 Å². The highest BCUT2D eigenvalue weighted by Gasteiger charge is 2.28. The zero-order chi connectivity index (χ0) is 22.8. The SMILES string of the molecule is COCCOCCOC(=O)C[C@H](NC(=O)CP(=O)(Cl)Cl)C(=O)OCCOCCOC. The maximum Gasteiger partial charge on any atom is 0.329 e. The second kappa shape index (κ2) is 17.7. The Morgan fingerprint density at radius 1 is 0.833 bits per heavy atom. The molecule has 0 spiro atoms. The van der Waals surface area contributed by atoms with Crippen LogP contribution in [0.15, 0.2) is 0 Å². The minimum Gasteiger partial charge on any atom is -0.463 e. The summed E-state index contributed by atoms with van der Waals surface area (Å²) in [7, 11) is 3.04. The molecular weight excluding hydrogens is 468 g/mol. The molecule has 1 N–H and O–H groups in total. The van der Waals surface area contributed by atoms with Gasteiger partial charge >= 0.3 is 11.9 Å². The molecule has 0 rings (SSSR count). The third-order valence-corrected chi connectivity index (χ3v) is 4.52. The fourth-order valence-corrected chi connectivity index (χ4v) is 2.91. The predicted molar refractivity (Wildman–Crippen MR) is 108 cm³/mol. The summed E-state index contributed by atoms with van der Waals surface area (Å²) < 4.78 is 41.2. The molecule has 0 bridgehead atoms. The van der Waals surface area contributed by atoms with Crippen molar-refractivity contribution in [2.45, 2.75) is 12.5 Å². The van der Waals surface area contributed by atoms with Crippen molar-refractivity contribution in [2.24, 2.45) is 0 Å². The lowest BCUT2D eigenvalue weighted by Crippen LogP contribution is -2.44. The van der Waals surface area contributed by atoms with Crippen molar-refractivity contribution in [1.29, 1.82) is 0 Å². The van der Waals surface area contributed by atoms with Gasteiger partial charge in [0.15, 0.2) is 0 Å². The molecule has 0 aliphatic heterocycles. The second-order valence-corrected chi connectivity index (χ2v) is 10.9. The summed E-state index contributed by atoms with van der Waals surface area (Å²) in [5.41, 5.74) is 0. The fourth-order valence-electron chi connectivity index (χ4n) is 1.83. The maximum atomic E-state index is 12.2. The summed E-state index contributed by atoms with van der Waals surface area (Å²) in [5, 5.41) is 2.22. The first-order valence-electron chi connectivity index (χ1n) is 8.93. The number of esters is 2. The summed E-state index contributed by atoms with van der Waals surface area (Å²) in [4.78, 5) is 36.1. The van der Waals surface area contributed by atoms with E-state index in [9.17, 15) is 18.9 Å². The van der Waals surface area contributed by atoms with Crippen LogP contribution < -0.4 is 5.32 Å². The minimum atomic E-state index is -3.71. The van der Waals surface area contributed by atoms with Gasteiger partial charge < -0.3 is 33.7 Å². The van der Waals surface area contributed by atoms with Crippen LogP contribution in [0.3, 0.4) is 0 Å². The van der Waals surface area contributed by atoms with Crippen LogP contribution in [0.4, 0.5) is 0 Å². The van der Waals surface area contributed by atoms with Gasteiger partial charge in [0.25, 0.3) is 5.85 Å². The van der Waals surface area contributed by atoms with Crippen LogP contribution in [0, 0.1) is 0 Å². The number of rotatable bonds is 18. The molecule has 30 heavy (non-hydrogen) atoms. The first-order chi connectivity index (χ1) is 14.2. The number of amides is 1. The first kappa shape index (κ1) is 29.1. The molecule has 0 aromatic rings. The molecule has 0 aliphatic rings. The normalized spacial score (nSPS) is 12.3. The van der Waals surface area contributed by atoms with Crippen LogP contribution in [0.1, 0.15) is 6.42 Å².